The van der Waals surface area contributed by atoms with Crippen LogP contribution < -0.4 is 9.64 Å². The number of hydrogen-bond acceptors (Lipinski definition) is 7. The molecule has 0 saturated heterocycles. The van der Waals surface area contributed by atoms with Crippen LogP contribution in [0.1, 0.15) is 78.4 Å². The first-order chi connectivity index (χ1) is 17.7. The monoisotopic (exact) mass is 505 g/mol. The average molecular weight is 506 g/mol. The predicted molar refractivity (Wildman–Crippen MR) is 143 cm³/mol. The molecule has 1 aliphatic rings. The lowest BCUT2D eigenvalue weighted by Gasteiger charge is -2.36. The fourth-order valence-electron chi connectivity index (χ4n) is 4.60. The highest BCUT2D eigenvalue weighted by Gasteiger charge is 2.34. The van der Waals surface area contributed by atoms with Gasteiger partial charge in [-0.05, 0) is 56.2 Å². The second kappa shape index (κ2) is 11.8. The molecule has 0 N–H and O–H groups in total. The Morgan fingerprint density at radius 2 is 1.86 bits per heavy atom. The number of carbonyl (C=O) groups excluding carboxylic acids is 1. The first kappa shape index (κ1) is 26.8. The second-order valence-corrected chi connectivity index (χ2v) is 11.1. The summed E-state index contributed by atoms with van der Waals surface area (Å²) >= 11 is 0. The van der Waals surface area contributed by atoms with E-state index in [-0.39, 0.29) is 17.2 Å². The Morgan fingerprint density at radius 3 is 2.51 bits per heavy atom. The molecule has 8 nitrogen and oxygen atoms in total. The summed E-state index contributed by atoms with van der Waals surface area (Å²) in [6.07, 6.45) is 9.09. The molecule has 198 valence electrons. The number of anilines is 1. The topological polar surface area (TPSA) is 94.2 Å². The maximum absolute atomic E-state index is 13.5. The van der Waals surface area contributed by atoms with E-state index in [4.69, 9.17) is 9.26 Å². The van der Waals surface area contributed by atoms with Crippen molar-refractivity contribution in [1.29, 1.82) is 0 Å². The molecule has 3 aromatic rings. The van der Waals surface area contributed by atoms with Crippen LogP contribution in [0.5, 0.6) is 6.01 Å². The smallest absolute Gasteiger partial charge is 0.316 e. The lowest BCUT2D eigenvalue weighted by Crippen LogP contribution is -2.42. The minimum atomic E-state index is -0.142. The fourth-order valence-corrected chi connectivity index (χ4v) is 4.60. The minimum absolute atomic E-state index is 0.114. The number of unbranched alkanes of at least 4 members (excludes halogenated alkanes) is 2. The Kier molecular flexibility index (Phi) is 8.56. The quantitative estimate of drug-likeness (QED) is 0.294. The van der Waals surface area contributed by atoms with Crippen molar-refractivity contribution in [1.82, 2.24) is 20.1 Å². The Labute approximate surface area is 219 Å². The predicted octanol–water partition coefficient (Wildman–Crippen LogP) is 6.01. The molecule has 0 spiro atoms. The lowest BCUT2D eigenvalue weighted by molar-refractivity contribution is -0.126. The average Bonchev–Trinajstić information content (AvgIpc) is 3.34. The number of carbonyl (C=O) groups is 1. The third kappa shape index (κ3) is 6.93. The van der Waals surface area contributed by atoms with Crippen molar-refractivity contribution in [2.45, 2.75) is 78.6 Å². The highest BCUT2D eigenvalue weighted by molar-refractivity contribution is 5.96. The molecule has 1 aliphatic carbocycles. The Balaban J connectivity index is 1.40. The molecule has 0 radical (unpaired) electrons. The number of aromatic nitrogens is 4. The van der Waals surface area contributed by atoms with Gasteiger partial charge in [0.25, 0.3) is 0 Å². The summed E-state index contributed by atoms with van der Waals surface area (Å²) < 4.78 is 10.8. The van der Waals surface area contributed by atoms with Gasteiger partial charge in [0.2, 0.25) is 11.8 Å². The van der Waals surface area contributed by atoms with E-state index in [1.807, 2.05) is 30.0 Å². The fraction of sp³-hybridized carbons (Fsp3) is 0.552. The van der Waals surface area contributed by atoms with Crippen molar-refractivity contribution in [3.05, 3.63) is 48.4 Å². The summed E-state index contributed by atoms with van der Waals surface area (Å²) in [7, 11) is 0. The van der Waals surface area contributed by atoms with E-state index in [1.54, 1.807) is 12.4 Å². The van der Waals surface area contributed by atoms with Crippen molar-refractivity contribution in [2.75, 3.05) is 18.1 Å². The maximum atomic E-state index is 13.5. The van der Waals surface area contributed by atoms with Gasteiger partial charge in [0.05, 0.1) is 6.61 Å². The van der Waals surface area contributed by atoms with Crippen LogP contribution in [0, 0.1) is 11.8 Å². The van der Waals surface area contributed by atoms with Crippen molar-refractivity contribution < 1.29 is 14.1 Å². The number of amides is 1. The van der Waals surface area contributed by atoms with Gasteiger partial charge in [-0.25, -0.2) is 9.97 Å². The summed E-state index contributed by atoms with van der Waals surface area (Å²) in [5.41, 5.74) is 2.65. The zero-order valence-electron chi connectivity index (χ0n) is 22.7. The van der Waals surface area contributed by atoms with Gasteiger partial charge in [0.15, 0.2) is 5.82 Å². The van der Waals surface area contributed by atoms with E-state index in [9.17, 15) is 4.79 Å². The first-order valence-electron chi connectivity index (χ1n) is 13.4. The Morgan fingerprint density at radius 1 is 1.11 bits per heavy atom. The van der Waals surface area contributed by atoms with E-state index >= 15 is 0 Å². The lowest BCUT2D eigenvalue weighted by atomic mass is 9.75. The molecule has 1 fully saturated rings. The third-order valence-corrected chi connectivity index (χ3v) is 6.77. The molecule has 1 aromatic carbocycles. The number of nitrogens with zero attached hydrogens (tertiary/aromatic N) is 5. The van der Waals surface area contributed by atoms with Crippen molar-refractivity contribution in [2.24, 2.45) is 11.8 Å². The molecular formula is C29H39N5O3. The summed E-state index contributed by atoms with van der Waals surface area (Å²) in [5.74, 6) is 2.39. The summed E-state index contributed by atoms with van der Waals surface area (Å²) in [6.45, 7) is 11.5. The van der Waals surface area contributed by atoms with Crippen LogP contribution in [0.25, 0.3) is 11.1 Å². The summed E-state index contributed by atoms with van der Waals surface area (Å²) in [6, 6.07) is 8.47. The van der Waals surface area contributed by atoms with Gasteiger partial charge in [-0.15, -0.1) is 0 Å². The second-order valence-electron chi connectivity index (χ2n) is 11.1. The molecule has 0 unspecified atom stereocenters. The van der Waals surface area contributed by atoms with Crippen LogP contribution in [0.3, 0.4) is 0 Å². The van der Waals surface area contributed by atoms with Crippen LogP contribution in [-0.4, -0.2) is 39.2 Å². The van der Waals surface area contributed by atoms with Crippen molar-refractivity contribution in [3.63, 3.8) is 0 Å². The van der Waals surface area contributed by atoms with Crippen LogP contribution in [-0.2, 0) is 16.6 Å². The molecule has 8 heteroatoms. The molecule has 0 bridgehead atoms. The molecule has 37 heavy (non-hydrogen) atoms. The van der Waals surface area contributed by atoms with Crippen molar-refractivity contribution >= 4 is 11.6 Å². The Bertz CT molecular complexity index is 1160. The van der Waals surface area contributed by atoms with Gasteiger partial charge in [-0.2, -0.15) is 4.98 Å². The number of benzene rings is 1. The van der Waals surface area contributed by atoms with Crippen molar-refractivity contribution in [3.8, 4) is 17.1 Å². The molecule has 0 atom stereocenters. The zero-order valence-corrected chi connectivity index (χ0v) is 22.7. The van der Waals surface area contributed by atoms with Gasteiger partial charge in [0, 0.05) is 47.9 Å². The molecule has 0 aliphatic heterocycles. The number of ether oxygens (including phenoxy) is 1. The first-order valence-corrected chi connectivity index (χ1v) is 13.4. The van der Waals surface area contributed by atoms with Gasteiger partial charge in [-0.3, -0.25) is 4.79 Å². The number of rotatable bonds is 11. The SMILES string of the molecule is CCOc1ncc(-c2cccc(N(CCCCCc3noc(C(C)(C)C)n3)C(=O)[C@H]3C[C@H](C)C3)c2)cn1. The highest BCUT2D eigenvalue weighted by atomic mass is 16.5. The minimum Gasteiger partial charge on any atom is -0.464 e. The highest BCUT2D eigenvalue weighted by Crippen LogP contribution is 2.36. The van der Waals surface area contributed by atoms with Crippen LogP contribution >= 0.6 is 0 Å². The normalized spacial score (nSPS) is 17.3. The van der Waals surface area contributed by atoms with Gasteiger partial charge in [0.1, 0.15) is 0 Å². The van der Waals surface area contributed by atoms with E-state index in [1.165, 1.54) is 0 Å². The molecule has 1 amide bonds. The number of hydrogen-bond donors (Lipinski definition) is 0. The number of aryl methyl sites for hydroxylation is 1. The van der Waals surface area contributed by atoms with E-state index in [2.05, 4.69) is 53.9 Å². The standard InChI is InChI=1S/C29H39N5O3/c1-6-36-28-30-18-23(19-31-28)21-11-10-12-24(17-21)34(26(35)22-15-20(2)16-22)14-9-7-8-13-25-32-27(37-33-25)29(3,4)5/h10-12,17-20,22H,6-9,13-16H2,1-5H3/t20-,22-. The summed E-state index contributed by atoms with van der Waals surface area (Å²) in [4.78, 5) is 28.6. The molecule has 4 rings (SSSR count). The largest absolute Gasteiger partial charge is 0.464 e. The summed E-state index contributed by atoms with van der Waals surface area (Å²) in [5, 5.41) is 4.13. The zero-order chi connectivity index (χ0) is 26.4. The molecular weight excluding hydrogens is 466 g/mol. The molecule has 1 saturated carbocycles. The Hall–Kier alpha value is -3.29. The van der Waals surface area contributed by atoms with Gasteiger partial charge < -0.3 is 14.2 Å². The maximum Gasteiger partial charge on any atom is 0.316 e. The van der Waals surface area contributed by atoms with Crippen LogP contribution in [0.4, 0.5) is 5.69 Å². The van der Waals surface area contributed by atoms with Crippen LogP contribution in [0.2, 0.25) is 0 Å². The molecule has 2 heterocycles. The molecule has 2 aromatic heterocycles. The van der Waals surface area contributed by atoms with E-state index in [0.717, 1.165) is 61.2 Å². The van der Waals surface area contributed by atoms with Gasteiger partial charge >= 0.3 is 6.01 Å². The third-order valence-electron chi connectivity index (χ3n) is 6.77. The van der Waals surface area contributed by atoms with E-state index in [0.29, 0.717) is 31.0 Å². The van der Waals surface area contributed by atoms with E-state index < -0.39 is 0 Å². The van der Waals surface area contributed by atoms with Gasteiger partial charge in [-0.1, -0.05) is 51.4 Å². The van der Waals surface area contributed by atoms with Crippen LogP contribution in [0.15, 0.2) is 41.2 Å².